The van der Waals surface area contributed by atoms with Crippen LogP contribution in [-0.2, 0) is 10.4 Å². The molecule has 22 heavy (non-hydrogen) atoms. The Labute approximate surface area is 138 Å². The lowest BCUT2D eigenvalue weighted by molar-refractivity contribution is -0.129. The molecule has 0 aliphatic carbocycles. The first-order valence-corrected chi connectivity index (χ1v) is 7.69. The number of anilines is 1. The standard InChI is InChI=1S/C16H10FIN2O2/c17-8-1-3-13-10(5-8)12(7-19-13)16(22)11-6-9(18)2-4-14(11)20-15(16)21/h1-7,19,22H,(H,20,21). The number of carbonyl (C=O) groups excluding carboxylic acids is 1. The van der Waals surface area contributed by atoms with Gasteiger partial charge in [-0.2, -0.15) is 0 Å². The Balaban J connectivity index is 2.03. The molecule has 4 rings (SSSR count). The molecule has 6 heteroatoms. The van der Waals surface area contributed by atoms with Gasteiger partial charge in [-0.1, -0.05) is 0 Å². The molecule has 110 valence electrons. The fourth-order valence-electron chi connectivity index (χ4n) is 2.92. The van der Waals surface area contributed by atoms with Crippen LogP contribution >= 0.6 is 22.6 Å². The van der Waals surface area contributed by atoms with E-state index in [9.17, 15) is 14.3 Å². The van der Waals surface area contributed by atoms with Crippen molar-refractivity contribution in [1.29, 1.82) is 0 Å². The van der Waals surface area contributed by atoms with Crippen molar-refractivity contribution >= 4 is 45.1 Å². The van der Waals surface area contributed by atoms with Gasteiger partial charge in [-0.25, -0.2) is 4.39 Å². The minimum absolute atomic E-state index is 0.347. The monoisotopic (exact) mass is 408 g/mol. The van der Waals surface area contributed by atoms with Crippen LogP contribution in [0.5, 0.6) is 0 Å². The summed E-state index contributed by atoms with van der Waals surface area (Å²) >= 11 is 2.12. The molecule has 3 N–H and O–H groups in total. The number of fused-ring (bicyclic) bond motifs is 2. The number of halogens is 2. The van der Waals surface area contributed by atoms with E-state index in [1.165, 1.54) is 12.1 Å². The summed E-state index contributed by atoms with van der Waals surface area (Å²) in [6.45, 7) is 0. The first kappa shape index (κ1) is 13.7. The molecule has 4 nitrogen and oxygen atoms in total. The van der Waals surface area contributed by atoms with E-state index >= 15 is 0 Å². The Hall–Kier alpha value is -1.93. The largest absolute Gasteiger partial charge is 0.372 e. The smallest absolute Gasteiger partial charge is 0.265 e. The van der Waals surface area contributed by atoms with Gasteiger partial charge in [0, 0.05) is 37.5 Å². The number of hydrogen-bond donors (Lipinski definition) is 3. The van der Waals surface area contributed by atoms with E-state index in [0.29, 0.717) is 27.7 Å². The lowest BCUT2D eigenvalue weighted by Crippen LogP contribution is -2.35. The summed E-state index contributed by atoms with van der Waals surface area (Å²) in [6, 6.07) is 9.59. The maximum absolute atomic E-state index is 13.6. The molecule has 1 aliphatic rings. The first-order valence-electron chi connectivity index (χ1n) is 6.61. The van der Waals surface area contributed by atoms with Gasteiger partial charge in [-0.05, 0) is 59.0 Å². The van der Waals surface area contributed by atoms with Crippen LogP contribution in [0.1, 0.15) is 11.1 Å². The molecular formula is C16H10FIN2O2. The third-order valence-electron chi connectivity index (χ3n) is 3.98. The van der Waals surface area contributed by atoms with Crippen LogP contribution in [-0.4, -0.2) is 16.0 Å². The maximum atomic E-state index is 13.6. The third-order valence-corrected chi connectivity index (χ3v) is 4.65. The molecule has 1 aliphatic heterocycles. The molecule has 0 fully saturated rings. The molecule has 1 unspecified atom stereocenters. The van der Waals surface area contributed by atoms with Crippen molar-refractivity contribution in [3.05, 3.63) is 63.1 Å². The second-order valence-corrected chi connectivity index (χ2v) is 6.49. The molecule has 0 saturated heterocycles. The second-order valence-electron chi connectivity index (χ2n) is 5.25. The summed E-state index contributed by atoms with van der Waals surface area (Å²) < 4.78 is 14.5. The summed E-state index contributed by atoms with van der Waals surface area (Å²) in [7, 11) is 0. The topological polar surface area (TPSA) is 65.1 Å². The molecule has 2 heterocycles. The molecule has 1 aromatic heterocycles. The molecule has 0 radical (unpaired) electrons. The highest BCUT2D eigenvalue weighted by Crippen LogP contribution is 2.43. The number of benzene rings is 2. The Morgan fingerprint density at radius 3 is 2.77 bits per heavy atom. The Kier molecular flexibility index (Phi) is 2.82. The van der Waals surface area contributed by atoms with Crippen molar-refractivity contribution in [2.75, 3.05) is 5.32 Å². The molecule has 1 amide bonds. The van der Waals surface area contributed by atoms with Crippen molar-refractivity contribution in [3.8, 4) is 0 Å². The number of carbonyl (C=O) groups is 1. The molecule has 0 saturated carbocycles. The quantitative estimate of drug-likeness (QED) is 0.542. The molecule has 3 aromatic rings. The van der Waals surface area contributed by atoms with Crippen LogP contribution in [0.2, 0.25) is 0 Å². The fourth-order valence-corrected chi connectivity index (χ4v) is 3.41. The van der Waals surface area contributed by atoms with Crippen LogP contribution in [0.4, 0.5) is 10.1 Å². The van der Waals surface area contributed by atoms with Crippen LogP contribution < -0.4 is 5.32 Å². The summed E-state index contributed by atoms with van der Waals surface area (Å²) in [4.78, 5) is 15.4. The number of amides is 1. The summed E-state index contributed by atoms with van der Waals surface area (Å²) in [5.41, 5.74) is 0.230. The van der Waals surface area contributed by atoms with E-state index in [2.05, 4.69) is 32.9 Å². The molecule has 2 aromatic carbocycles. The number of aliphatic hydroxyl groups is 1. The predicted octanol–water partition coefficient (Wildman–Crippen LogP) is 3.10. The highest BCUT2D eigenvalue weighted by Gasteiger charge is 2.48. The molecule has 0 spiro atoms. The van der Waals surface area contributed by atoms with Gasteiger partial charge in [0.25, 0.3) is 5.91 Å². The minimum Gasteiger partial charge on any atom is -0.372 e. The van der Waals surface area contributed by atoms with E-state index in [1.807, 2.05) is 6.07 Å². The van der Waals surface area contributed by atoms with Crippen LogP contribution in [0.15, 0.2) is 42.6 Å². The molecule has 0 bridgehead atoms. The average molecular weight is 408 g/mol. The van der Waals surface area contributed by atoms with Gasteiger partial charge in [-0.3, -0.25) is 4.79 Å². The predicted molar refractivity (Wildman–Crippen MR) is 89.0 cm³/mol. The van der Waals surface area contributed by atoms with Gasteiger partial charge >= 0.3 is 0 Å². The average Bonchev–Trinajstić information content (AvgIpc) is 3.00. The van der Waals surface area contributed by atoms with Crippen LogP contribution in [0.25, 0.3) is 10.9 Å². The van der Waals surface area contributed by atoms with Gasteiger partial charge < -0.3 is 15.4 Å². The van der Waals surface area contributed by atoms with E-state index < -0.39 is 17.3 Å². The molecule has 1 atom stereocenters. The van der Waals surface area contributed by atoms with Crippen LogP contribution in [0.3, 0.4) is 0 Å². The van der Waals surface area contributed by atoms with Gasteiger partial charge in [0.2, 0.25) is 0 Å². The second kappa shape index (κ2) is 4.53. The SMILES string of the molecule is O=C1Nc2ccc(I)cc2C1(O)c1c[nH]c2ccc(F)cc12. The van der Waals surface area contributed by atoms with Crippen molar-refractivity contribution in [3.63, 3.8) is 0 Å². The van der Waals surface area contributed by atoms with Crippen molar-refractivity contribution < 1.29 is 14.3 Å². The van der Waals surface area contributed by atoms with E-state index in [0.717, 1.165) is 3.57 Å². The maximum Gasteiger partial charge on any atom is 0.265 e. The van der Waals surface area contributed by atoms with Gasteiger partial charge in [0.1, 0.15) is 5.82 Å². The lowest BCUT2D eigenvalue weighted by atomic mass is 9.87. The van der Waals surface area contributed by atoms with E-state index in [1.54, 1.807) is 24.4 Å². The zero-order valence-corrected chi connectivity index (χ0v) is 13.3. The van der Waals surface area contributed by atoms with Gasteiger partial charge in [0.05, 0.1) is 0 Å². The van der Waals surface area contributed by atoms with Gasteiger partial charge in [0.15, 0.2) is 5.60 Å². The number of nitrogens with one attached hydrogen (secondary N) is 2. The highest BCUT2D eigenvalue weighted by atomic mass is 127. The number of rotatable bonds is 1. The summed E-state index contributed by atoms with van der Waals surface area (Å²) in [6.07, 6.45) is 1.55. The minimum atomic E-state index is -1.83. The van der Waals surface area contributed by atoms with Crippen molar-refractivity contribution in [2.45, 2.75) is 5.60 Å². The highest BCUT2D eigenvalue weighted by molar-refractivity contribution is 14.1. The first-order chi connectivity index (χ1) is 10.5. The van der Waals surface area contributed by atoms with Crippen molar-refractivity contribution in [2.24, 2.45) is 0 Å². The normalized spacial score (nSPS) is 20.2. The number of hydrogen-bond acceptors (Lipinski definition) is 2. The number of aromatic amines is 1. The Bertz CT molecular complexity index is 937. The Morgan fingerprint density at radius 1 is 1.14 bits per heavy atom. The zero-order valence-electron chi connectivity index (χ0n) is 11.2. The zero-order chi connectivity index (χ0) is 15.5. The van der Waals surface area contributed by atoms with E-state index in [-0.39, 0.29) is 0 Å². The number of aromatic nitrogens is 1. The summed E-state index contributed by atoms with van der Waals surface area (Å²) in [5, 5.41) is 14.3. The molecular weight excluding hydrogens is 398 g/mol. The van der Waals surface area contributed by atoms with Crippen LogP contribution in [0, 0.1) is 9.39 Å². The third kappa shape index (κ3) is 1.74. The van der Waals surface area contributed by atoms with Crippen molar-refractivity contribution in [1.82, 2.24) is 4.98 Å². The Morgan fingerprint density at radius 2 is 1.95 bits per heavy atom. The van der Waals surface area contributed by atoms with Gasteiger partial charge in [-0.15, -0.1) is 0 Å². The van der Waals surface area contributed by atoms with E-state index in [4.69, 9.17) is 0 Å². The fraction of sp³-hybridized carbons (Fsp3) is 0.0625. The summed E-state index contributed by atoms with van der Waals surface area (Å²) in [5.74, 6) is -0.951. The number of H-pyrrole nitrogens is 1. The lowest BCUT2D eigenvalue weighted by Gasteiger charge is -2.20.